The first kappa shape index (κ1) is 14.9. The quantitative estimate of drug-likeness (QED) is 0.580. The molecule has 0 heterocycles. The molecule has 5 nitrogen and oxygen atoms in total. The predicted molar refractivity (Wildman–Crippen MR) is 63.8 cm³/mol. The molecule has 0 radical (unpaired) electrons. The summed E-state index contributed by atoms with van der Waals surface area (Å²) < 4.78 is 0. The monoisotopic (exact) mass is 229 g/mol. The van der Waals surface area contributed by atoms with Crippen molar-refractivity contribution in [1.29, 1.82) is 0 Å². The van der Waals surface area contributed by atoms with Crippen LogP contribution in [-0.2, 0) is 9.59 Å². The van der Waals surface area contributed by atoms with Gasteiger partial charge in [0.1, 0.15) is 0 Å². The predicted octanol–water partition coefficient (Wildman–Crippen LogP) is 0.100. The maximum absolute atomic E-state index is 11.3. The van der Waals surface area contributed by atoms with E-state index >= 15 is 0 Å². The molecule has 16 heavy (non-hydrogen) atoms. The van der Waals surface area contributed by atoms with Crippen LogP contribution in [0.4, 0.5) is 0 Å². The molecule has 0 aromatic rings. The van der Waals surface area contributed by atoms with Gasteiger partial charge in [-0.05, 0) is 19.4 Å². The van der Waals surface area contributed by atoms with E-state index in [1.54, 1.807) is 14.1 Å². The topological polar surface area (TPSA) is 75.4 Å². The molecule has 0 fully saturated rings. The van der Waals surface area contributed by atoms with Gasteiger partial charge in [-0.2, -0.15) is 0 Å². The van der Waals surface area contributed by atoms with Gasteiger partial charge in [-0.3, -0.25) is 9.59 Å². The minimum Gasteiger partial charge on any atom is -0.356 e. The average Bonchev–Trinajstić information content (AvgIpc) is 2.24. The molecule has 0 saturated carbocycles. The molecule has 0 aromatic carbocycles. The highest BCUT2D eigenvalue weighted by Gasteiger charge is 2.05. The zero-order valence-corrected chi connectivity index (χ0v) is 10.3. The van der Waals surface area contributed by atoms with Crippen LogP contribution in [0.3, 0.4) is 0 Å². The number of unbranched alkanes of at least 4 members (excludes halogenated alkanes) is 2. The first-order valence-electron chi connectivity index (χ1n) is 5.75. The van der Waals surface area contributed by atoms with Crippen LogP contribution in [-0.4, -0.2) is 43.9 Å². The summed E-state index contributed by atoms with van der Waals surface area (Å²) in [5, 5.41) is 2.73. The van der Waals surface area contributed by atoms with Crippen LogP contribution < -0.4 is 11.1 Å². The number of nitrogens with one attached hydrogen (secondary N) is 1. The first-order chi connectivity index (χ1) is 7.57. The van der Waals surface area contributed by atoms with Crippen LogP contribution in [0.1, 0.15) is 32.1 Å². The van der Waals surface area contributed by atoms with Crippen molar-refractivity contribution in [1.82, 2.24) is 10.2 Å². The average molecular weight is 229 g/mol. The molecule has 0 aromatic heterocycles. The summed E-state index contributed by atoms with van der Waals surface area (Å²) in [6.45, 7) is 1.10. The molecule has 2 amide bonds. The van der Waals surface area contributed by atoms with Crippen LogP contribution >= 0.6 is 0 Å². The zero-order valence-electron chi connectivity index (χ0n) is 10.3. The van der Waals surface area contributed by atoms with Crippen molar-refractivity contribution < 1.29 is 9.59 Å². The van der Waals surface area contributed by atoms with Crippen LogP contribution in [0.25, 0.3) is 0 Å². The van der Waals surface area contributed by atoms with E-state index in [-0.39, 0.29) is 11.8 Å². The Balaban J connectivity index is 3.40. The van der Waals surface area contributed by atoms with E-state index in [1.807, 2.05) is 0 Å². The SMILES string of the molecule is CN(C)C(=O)CCNC(=O)CCCCCN. The van der Waals surface area contributed by atoms with Gasteiger partial charge >= 0.3 is 0 Å². The summed E-state index contributed by atoms with van der Waals surface area (Å²) in [4.78, 5) is 24.0. The molecular formula is C11H23N3O2. The minimum atomic E-state index is 0.0172. The molecule has 0 bridgehead atoms. The van der Waals surface area contributed by atoms with Crippen molar-refractivity contribution in [3.63, 3.8) is 0 Å². The van der Waals surface area contributed by atoms with Crippen LogP contribution in [0, 0.1) is 0 Å². The van der Waals surface area contributed by atoms with Gasteiger partial charge in [-0.25, -0.2) is 0 Å². The van der Waals surface area contributed by atoms with E-state index in [1.165, 1.54) is 4.90 Å². The van der Waals surface area contributed by atoms with Crippen LogP contribution in [0.5, 0.6) is 0 Å². The summed E-state index contributed by atoms with van der Waals surface area (Å²) >= 11 is 0. The number of nitrogens with zero attached hydrogens (tertiary/aromatic N) is 1. The second-order valence-electron chi connectivity index (χ2n) is 3.99. The van der Waals surface area contributed by atoms with Gasteiger partial charge in [-0.15, -0.1) is 0 Å². The van der Waals surface area contributed by atoms with E-state index in [4.69, 9.17) is 5.73 Å². The van der Waals surface area contributed by atoms with Gasteiger partial charge in [0, 0.05) is 33.5 Å². The molecule has 0 unspecified atom stereocenters. The lowest BCUT2D eigenvalue weighted by Crippen LogP contribution is -2.30. The Morgan fingerprint density at radius 2 is 1.81 bits per heavy atom. The van der Waals surface area contributed by atoms with Crippen molar-refractivity contribution in [2.45, 2.75) is 32.1 Å². The Hall–Kier alpha value is -1.10. The number of rotatable bonds is 8. The van der Waals surface area contributed by atoms with E-state index in [0.29, 0.717) is 25.9 Å². The largest absolute Gasteiger partial charge is 0.356 e. The Morgan fingerprint density at radius 3 is 2.38 bits per heavy atom. The molecule has 3 N–H and O–H groups in total. The second kappa shape index (κ2) is 9.15. The third-order valence-electron chi connectivity index (χ3n) is 2.27. The number of carbonyl (C=O) groups is 2. The number of hydrogen-bond donors (Lipinski definition) is 2. The minimum absolute atomic E-state index is 0.0172. The van der Waals surface area contributed by atoms with Crippen LogP contribution in [0.15, 0.2) is 0 Å². The molecule has 5 heteroatoms. The number of hydrogen-bond acceptors (Lipinski definition) is 3. The molecule has 0 saturated heterocycles. The third-order valence-corrected chi connectivity index (χ3v) is 2.27. The Bertz CT molecular complexity index is 217. The zero-order chi connectivity index (χ0) is 12.4. The van der Waals surface area contributed by atoms with Crippen LogP contribution in [0.2, 0.25) is 0 Å². The summed E-state index contributed by atoms with van der Waals surface area (Å²) in [6.07, 6.45) is 3.70. The van der Waals surface area contributed by atoms with Gasteiger partial charge in [0.15, 0.2) is 0 Å². The summed E-state index contributed by atoms with van der Waals surface area (Å²) in [7, 11) is 3.41. The van der Waals surface area contributed by atoms with Gasteiger partial charge in [0.05, 0.1) is 0 Å². The number of amides is 2. The van der Waals surface area contributed by atoms with E-state index in [2.05, 4.69) is 5.32 Å². The Kier molecular flexibility index (Phi) is 8.52. The van der Waals surface area contributed by atoms with Crippen molar-refractivity contribution in [2.24, 2.45) is 5.73 Å². The molecule has 94 valence electrons. The van der Waals surface area contributed by atoms with Crippen molar-refractivity contribution in [3.8, 4) is 0 Å². The highest BCUT2D eigenvalue weighted by molar-refractivity contribution is 5.78. The number of carbonyl (C=O) groups excluding carboxylic acids is 2. The number of nitrogens with two attached hydrogens (primary N) is 1. The second-order valence-corrected chi connectivity index (χ2v) is 3.99. The third kappa shape index (κ3) is 8.23. The molecule has 0 rings (SSSR count). The lowest BCUT2D eigenvalue weighted by atomic mass is 10.2. The molecule has 0 atom stereocenters. The lowest BCUT2D eigenvalue weighted by molar-refractivity contribution is -0.128. The highest BCUT2D eigenvalue weighted by Crippen LogP contribution is 1.98. The standard InChI is InChI=1S/C11H23N3O2/c1-14(2)11(16)7-9-13-10(15)6-4-3-5-8-12/h3-9,12H2,1-2H3,(H,13,15). The fourth-order valence-electron chi connectivity index (χ4n) is 1.23. The fraction of sp³-hybridized carbons (Fsp3) is 0.818. The maximum Gasteiger partial charge on any atom is 0.223 e. The van der Waals surface area contributed by atoms with Gasteiger partial charge < -0.3 is 16.0 Å². The molecule has 0 aliphatic heterocycles. The maximum atomic E-state index is 11.3. The highest BCUT2D eigenvalue weighted by atomic mass is 16.2. The van der Waals surface area contributed by atoms with Crippen molar-refractivity contribution in [2.75, 3.05) is 27.2 Å². The summed E-state index contributed by atoms with van der Waals surface area (Å²) in [5.41, 5.74) is 5.34. The smallest absolute Gasteiger partial charge is 0.223 e. The molecular weight excluding hydrogens is 206 g/mol. The fourth-order valence-corrected chi connectivity index (χ4v) is 1.23. The molecule has 0 aliphatic rings. The van der Waals surface area contributed by atoms with E-state index in [9.17, 15) is 9.59 Å². The first-order valence-corrected chi connectivity index (χ1v) is 5.75. The van der Waals surface area contributed by atoms with E-state index in [0.717, 1.165) is 19.3 Å². The molecule has 0 aliphatic carbocycles. The van der Waals surface area contributed by atoms with Crippen molar-refractivity contribution in [3.05, 3.63) is 0 Å². The normalized spacial score (nSPS) is 9.94. The summed E-state index contributed by atoms with van der Waals surface area (Å²) in [6, 6.07) is 0. The summed E-state index contributed by atoms with van der Waals surface area (Å²) in [5.74, 6) is 0.0482. The van der Waals surface area contributed by atoms with Crippen molar-refractivity contribution >= 4 is 11.8 Å². The Morgan fingerprint density at radius 1 is 1.12 bits per heavy atom. The lowest BCUT2D eigenvalue weighted by Gasteiger charge is -2.10. The van der Waals surface area contributed by atoms with E-state index < -0.39 is 0 Å². The molecule has 0 spiro atoms. The van der Waals surface area contributed by atoms with Gasteiger partial charge in [-0.1, -0.05) is 6.42 Å². The van der Waals surface area contributed by atoms with Gasteiger partial charge in [0.25, 0.3) is 0 Å². The van der Waals surface area contributed by atoms with Gasteiger partial charge in [0.2, 0.25) is 11.8 Å². The Labute approximate surface area is 97.4 Å².